The number of fused-ring (bicyclic) bond motifs is 1. The maximum Gasteiger partial charge on any atom is 0.253 e. The van der Waals surface area contributed by atoms with E-state index in [1.54, 1.807) is 39.0 Å². The molecule has 0 bridgehead atoms. The lowest BCUT2D eigenvalue weighted by Gasteiger charge is -2.27. The van der Waals surface area contributed by atoms with Gasteiger partial charge in [-0.1, -0.05) is 56.3 Å². The number of nitrogens with zero attached hydrogens (tertiary/aromatic N) is 2. The van der Waals surface area contributed by atoms with Crippen LogP contribution in [0.5, 0.6) is 11.5 Å². The van der Waals surface area contributed by atoms with E-state index in [0.29, 0.717) is 27.4 Å². The quantitative estimate of drug-likeness (QED) is 0.594. The molecule has 2 saturated heterocycles. The molecule has 2 fully saturated rings. The Kier molecular flexibility index (Phi) is 6.07. The first-order valence-electron chi connectivity index (χ1n) is 10.3. The standard InChI is InChI=1S/C23H25ClN2O4S2/c1-14-6-5-7-16(10-14)30-19-9-8-15(24)11-17(19)26-18-12-32(28,29)13-20(18)31-22(26)25-21(27)23(2,3)4/h5-11,18,20H,12-13H2,1-4H3. The molecule has 2 aliphatic rings. The number of halogens is 1. The minimum Gasteiger partial charge on any atom is -0.455 e. The average molecular weight is 493 g/mol. The van der Waals surface area contributed by atoms with Crippen LogP contribution in [0.3, 0.4) is 0 Å². The van der Waals surface area contributed by atoms with Gasteiger partial charge in [-0.15, -0.1) is 0 Å². The Morgan fingerprint density at radius 3 is 2.62 bits per heavy atom. The van der Waals surface area contributed by atoms with E-state index in [1.165, 1.54) is 11.8 Å². The van der Waals surface area contributed by atoms with Crippen molar-refractivity contribution in [3.8, 4) is 11.5 Å². The second-order valence-corrected chi connectivity index (χ2v) is 12.9. The van der Waals surface area contributed by atoms with Gasteiger partial charge in [0.1, 0.15) is 5.75 Å². The van der Waals surface area contributed by atoms with Gasteiger partial charge in [-0.25, -0.2) is 8.42 Å². The number of rotatable bonds is 3. The van der Waals surface area contributed by atoms with Gasteiger partial charge in [0.2, 0.25) is 0 Å². The molecule has 2 unspecified atom stereocenters. The molecule has 9 heteroatoms. The van der Waals surface area contributed by atoms with E-state index in [1.807, 2.05) is 36.1 Å². The predicted octanol–water partition coefficient (Wildman–Crippen LogP) is 5.09. The molecule has 32 heavy (non-hydrogen) atoms. The highest BCUT2D eigenvalue weighted by molar-refractivity contribution is 8.16. The van der Waals surface area contributed by atoms with Crippen LogP contribution in [0.1, 0.15) is 26.3 Å². The summed E-state index contributed by atoms with van der Waals surface area (Å²) in [4.78, 5) is 18.9. The number of ether oxygens (including phenoxy) is 1. The lowest BCUT2D eigenvalue weighted by molar-refractivity contribution is -0.124. The molecule has 2 aromatic rings. The van der Waals surface area contributed by atoms with Gasteiger partial charge in [-0.2, -0.15) is 4.99 Å². The van der Waals surface area contributed by atoms with Crippen LogP contribution >= 0.6 is 23.4 Å². The molecule has 2 atom stereocenters. The zero-order valence-corrected chi connectivity index (χ0v) is 20.7. The summed E-state index contributed by atoms with van der Waals surface area (Å²) in [6, 6.07) is 12.5. The van der Waals surface area contributed by atoms with Crippen LogP contribution in [-0.2, 0) is 14.6 Å². The Morgan fingerprint density at radius 1 is 1.19 bits per heavy atom. The van der Waals surface area contributed by atoms with Crippen LogP contribution in [0.25, 0.3) is 0 Å². The Bertz CT molecular complexity index is 1200. The molecule has 0 aromatic heterocycles. The number of hydrogen-bond acceptors (Lipinski definition) is 5. The maximum absolute atomic E-state index is 12.7. The summed E-state index contributed by atoms with van der Waals surface area (Å²) in [5.41, 5.74) is 0.990. The van der Waals surface area contributed by atoms with Crippen LogP contribution in [0.15, 0.2) is 47.5 Å². The zero-order valence-electron chi connectivity index (χ0n) is 18.3. The molecule has 0 radical (unpaired) electrons. The van der Waals surface area contributed by atoms with Crippen molar-refractivity contribution in [3.63, 3.8) is 0 Å². The number of hydrogen-bond donors (Lipinski definition) is 0. The number of benzene rings is 2. The molecule has 0 aliphatic carbocycles. The predicted molar refractivity (Wildman–Crippen MR) is 131 cm³/mol. The fraction of sp³-hybridized carbons (Fsp3) is 0.391. The lowest BCUT2D eigenvalue weighted by Crippen LogP contribution is -2.38. The number of anilines is 1. The fourth-order valence-corrected chi connectivity index (χ4v) is 7.74. The van der Waals surface area contributed by atoms with E-state index in [-0.39, 0.29) is 28.7 Å². The van der Waals surface area contributed by atoms with E-state index >= 15 is 0 Å². The summed E-state index contributed by atoms with van der Waals surface area (Å²) in [7, 11) is -3.19. The molecular formula is C23H25ClN2O4S2. The van der Waals surface area contributed by atoms with E-state index < -0.39 is 15.3 Å². The van der Waals surface area contributed by atoms with Crippen LogP contribution in [0, 0.1) is 12.3 Å². The van der Waals surface area contributed by atoms with Crippen LogP contribution in [0.2, 0.25) is 5.02 Å². The summed E-state index contributed by atoms with van der Waals surface area (Å²) >= 11 is 7.67. The number of carbonyl (C=O) groups is 1. The van der Waals surface area contributed by atoms with Crippen molar-refractivity contribution in [2.75, 3.05) is 16.4 Å². The minimum absolute atomic E-state index is 0.0101. The highest BCUT2D eigenvalue weighted by Gasteiger charge is 2.50. The minimum atomic E-state index is -3.19. The monoisotopic (exact) mass is 492 g/mol. The van der Waals surface area contributed by atoms with Crippen molar-refractivity contribution >= 4 is 50.0 Å². The molecular weight excluding hydrogens is 468 g/mol. The molecule has 6 nitrogen and oxygen atoms in total. The summed E-state index contributed by atoms with van der Waals surface area (Å²) in [6.45, 7) is 7.39. The number of aryl methyl sites for hydroxylation is 1. The molecule has 0 N–H and O–H groups in total. The number of amides is 1. The third kappa shape index (κ3) is 4.82. The number of thioether (sulfide) groups is 1. The Balaban J connectivity index is 1.81. The second kappa shape index (κ2) is 8.39. The Labute approximate surface area is 197 Å². The summed E-state index contributed by atoms with van der Waals surface area (Å²) in [5, 5.41) is 0.746. The topological polar surface area (TPSA) is 76.0 Å². The molecule has 4 rings (SSSR count). The van der Waals surface area contributed by atoms with E-state index in [0.717, 1.165) is 5.56 Å². The van der Waals surface area contributed by atoms with E-state index in [2.05, 4.69) is 4.99 Å². The highest BCUT2D eigenvalue weighted by Crippen LogP contribution is 2.45. The number of amidine groups is 1. The van der Waals surface area contributed by atoms with Gasteiger partial charge < -0.3 is 9.64 Å². The van der Waals surface area contributed by atoms with Crippen molar-refractivity contribution in [1.29, 1.82) is 0 Å². The molecule has 0 spiro atoms. The lowest BCUT2D eigenvalue weighted by atomic mass is 9.96. The van der Waals surface area contributed by atoms with Gasteiger partial charge >= 0.3 is 0 Å². The van der Waals surface area contributed by atoms with Gasteiger partial charge in [0, 0.05) is 15.7 Å². The Hall–Kier alpha value is -2.03. The largest absolute Gasteiger partial charge is 0.455 e. The first kappa shape index (κ1) is 23.1. The van der Waals surface area contributed by atoms with Crippen molar-refractivity contribution in [2.45, 2.75) is 39.0 Å². The van der Waals surface area contributed by atoms with Crippen LogP contribution in [0.4, 0.5) is 5.69 Å². The van der Waals surface area contributed by atoms with Crippen molar-refractivity contribution in [3.05, 3.63) is 53.1 Å². The van der Waals surface area contributed by atoms with E-state index in [9.17, 15) is 13.2 Å². The summed E-state index contributed by atoms with van der Waals surface area (Å²) in [6.07, 6.45) is 0. The molecule has 170 valence electrons. The first-order chi connectivity index (χ1) is 14.9. The highest BCUT2D eigenvalue weighted by atomic mass is 35.5. The first-order valence-corrected chi connectivity index (χ1v) is 13.3. The second-order valence-electron chi connectivity index (χ2n) is 9.15. The molecule has 2 aromatic carbocycles. The smallest absolute Gasteiger partial charge is 0.253 e. The maximum atomic E-state index is 12.7. The summed E-state index contributed by atoms with van der Waals surface area (Å²) < 4.78 is 31.0. The van der Waals surface area contributed by atoms with Crippen molar-refractivity contribution in [1.82, 2.24) is 0 Å². The molecule has 2 aliphatic heterocycles. The summed E-state index contributed by atoms with van der Waals surface area (Å²) in [5.74, 6) is 0.942. The number of aliphatic imine (C=N–C) groups is 1. The van der Waals surface area contributed by atoms with Crippen molar-refractivity contribution < 1.29 is 17.9 Å². The third-order valence-electron chi connectivity index (χ3n) is 5.30. The average Bonchev–Trinajstić information content (AvgIpc) is 3.13. The zero-order chi connectivity index (χ0) is 23.3. The molecule has 2 heterocycles. The molecule has 1 amide bonds. The van der Waals surface area contributed by atoms with Gasteiger partial charge in [0.15, 0.2) is 20.8 Å². The number of sulfone groups is 1. The van der Waals surface area contributed by atoms with Crippen LogP contribution < -0.4 is 9.64 Å². The van der Waals surface area contributed by atoms with Gasteiger partial charge in [0.05, 0.1) is 23.2 Å². The molecule has 0 saturated carbocycles. The van der Waals surface area contributed by atoms with Crippen molar-refractivity contribution in [2.24, 2.45) is 10.4 Å². The normalized spacial score (nSPS) is 23.4. The van der Waals surface area contributed by atoms with Crippen LogP contribution in [-0.4, -0.2) is 42.3 Å². The van der Waals surface area contributed by atoms with Gasteiger partial charge in [-0.3, -0.25) is 4.79 Å². The van der Waals surface area contributed by atoms with Gasteiger partial charge in [0.25, 0.3) is 5.91 Å². The number of carbonyl (C=O) groups excluding carboxylic acids is 1. The SMILES string of the molecule is Cc1cccc(Oc2ccc(Cl)cc2N2C(=NC(=O)C(C)(C)C)SC3CS(=O)(=O)CC32)c1. The Morgan fingerprint density at radius 2 is 1.94 bits per heavy atom. The van der Waals surface area contributed by atoms with Gasteiger partial charge in [-0.05, 0) is 42.8 Å². The van der Waals surface area contributed by atoms with E-state index in [4.69, 9.17) is 16.3 Å². The third-order valence-corrected chi connectivity index (χ3v) is 8.75. The fourth-order valence-electron chi connectivity index (χ4n) is 3.67.